The smallest absolute Gasteiger partial charge is 0.343 e. The summed E-state index contributed by atoms with van der Waals surface area (Å²) in [4.78, 5) is 36.2. The van der Waals surface area contributed by atoms with Crippen LogP contribution in [-0.2, 0) is 9.59 Å². The summed E-state index contributed by atoms with van der Waals surface area (Å²) < 4.78 is 10.4. The average Bonchev–Trinajstić information content (AvgIpc) is 2.80. The topological polar surface area (TPSA) is 106 Å². The lowest BCUT2D eigenvalue weighted by Gasteiger charge is -2.08. The molecule has 0 fully saturated rings. The van der Waals surface area contributed by atoms with Gasteiger partial charge in [0.2, 0.25) is 0 Å². The first kappa shape index (κ1) is 22.5. The van der Waals surface area contributed by atoms with Crippen molar-refractivity contribution in [3.8, 4) is 11.5 Å². The SMILES string of the molecule is COc1ccccc1NC(=O)C(=O)N/N=C\c1cccc(OC(=O)c2ccc(Cl)cc2)c1. The first-order valence-electron chi connectivity index (χ1n) is 9.31. The summed E-state index contributed by atoms with van der Waals surface area (Å²) in [5, 5.41) is 6.72. The molecule has 0 atom stereocenters. The molecule has 0 saturated carbocycles. The van der Waals surface area contributed by atoms with Gasteiger partial charge in [0, 0.05) is 5.02 Å². The maximum Gasteiger partial charge on any atom is 0.343 e. The molecule has 0 aliphatic carbocycles. The van der Waals surface area contributed by atoms with Crippen LogP contribution in [0.1, 0.15) is 15.9 Å². The van der Waals surface area contributed by atoms with E-state index >= 15 is 0 Å². The minimum atomic E-state index is -0.961. The van der Waals surface area contributed by atoms with E-state index in [4.69, 9.17) is 21.1 Å². The summed E-state index contributed by atoms with van der Waals surface area (Å²) >= 11 is 5.81. The fourth-order valence-corrected chi connectivity index (χ4v) is 2.68. The van der Waals surface area contributed by atoms with Crippen LogP contribution in [0.5, 0.6) is 11.5 Å². The number of methoxy groups -OCH3 is 1. The second kappa shape index (κ2) is 10.7. The van der Waals surface area contributed by atoms with Gasteiger partial charge >= 0.3 is 17.8 Å². The van der Waals surface area contributed by atoms with Crippen molar-refractivity contribution in [3.05, 3.63) is 88.9 Å². The van der Waals surface area contributed by atoms with Crippen LogP contribution in [-0.4, -0.2) is 31.1 Å². The molecule has 9 heteroatoms. The van der Waals surface area contributed by atoms with Gasteiger partial charge in [-0.1, -0.05) is 35.9 Å². The van der Waals surface area contributed by atoms with E-state index in [9.17, 15) is 14.4 Å². The Morgan fingerprint density at radius 1 is 0.938 bits per heavy atom. The molecule has 0 bridgehead atoms. The van der Waals surface area contributed by atoms with E-state index in [0.29, 0.717) is 27.6 Å². The number of para-hydroxylation sites is 2. The zero-order chi connectivity index (χ0) is 22.9. The summed E-state index contributed by atoms with van der Waals surface area (Å²) in [6, 6.07) is 19.5. The molecule has 32 heavy (non-hydrogen) atoms. The molecule has 0 heterocycles. The van der Waals surface area contributed by atoms with Gasteiger partial charge in [-0.05, 0) is 54.1 Å². The summed E-state index contributed by atoms with van der Waals surface area (Å²) in [5.41, 5.74) is 3.38. The molecule has 2 amide bonds. The molecule has 8 nitrogen and oxygen atoms in total. The largest absolute Gasteiger partial charge is 0.495 e. The Labute approximate surface area is 188 Å². The van der Waals surface area contributed by atoms with E-state index in [1.165, 1.54) is 13.3 Å². The first-order valence-corrected chi connectivity index (χ1v) is 9.69. The number of esters is 1. The Morgan fingerprint density at radius 3 is 2.44 bits per heavy atom. The Morgan fingerprint density at radius 2 is 1.69 bits per heavy atom. The second-order valence-electron chi connectivity index (χ2n) is 6.32. The molecule has 0 aromatic heterocycles. The lowest BCUT2D eigenvalue weighted by molar-refractivity contribution is -0.136. The van der Waals surface area contributed by atoms with Crippen molar-refractivity contribution in [1.82, 2.24) is 5.43 Å². The Bertz CT molecular complexity index is 1160. The van der Waals surface area contributed by atoms with Crippen LogP contribution in [0.15, 0.2) is 77.9 Å². The monoisotopic (exact) mass is 451 g/mol. The zero-order valence-electron chi connectivity index (χ0n) is 16.9. The number of nitrogens with one attached hydrogen (secondary N) is 2. The molecule has 3 rings (SSSR count). The number of hydrogen-bond acceptors (Lipinski definition) is 6. The maximum atomic E-state index is 12.2. The van der Waals surface area contributed by atoms with E-state index < -0.39 is 17.8 Å². The Hall–Kier alpha value is -4.17. The van der Waals surface area contributed by atoms with Crippen molar-refractivity contribution in [1.29, 1.82) is 0 Å². The Balaban J connectivity index is 1.57. The summed E-state index contributed by atoms with van der Waals surface area (Å²) in [6.45, 7) is 0. The average molecular weight is 452 g/mol. The van der Waals surface area contributed by atoms with Crippen LogP contribution in [0.25, 0.3) is 0 Å². The van der Waals surface area contributed by atoms with E-state index in [1.807, 2.05) is 0 Å². The maximum absolute atomic E-state index is 12.2. The highest BCUT2D eigenvalue weighted by Crippen LogP contribution is 2.22. The highest BCUT2D eigenvalue weighted by molar-refractivity contribution is 6.39. The van der Waals surface area contributed by atoms with Crippen molar-refractivity contribution < 1.29 is 23.9 Å². The number of hydrogen-bond donors (Lipinski definition) is 2. The molecular formula is C23H18ClN3O5. The van der Waals surface area contributed by atoms with E-state index in [-0.39, 0.29) is 5.75 Å². The predicted molar refractivity (Wildman–Crippen MR) is 120 cm³/mol. The number of benzene rings is 3. The third-order valence-electron chi connectivity index (χ3n) is 4.09. The van der Waals surface area contributed by atoms with E-state index in [2.05, 4.69) is 15.8 Å². The molecule has 3 aromatic carbocycles. The predicted octanol–water partition coefficient (Wildman–Crippen LogP) is 3.66. The van der Waals surface area contributed by atoms with Crippen molar-refractivity contribution in [2.24, 2.45) is 5.10 Å². The van der Waals surface area contributed by atoms with Crippen LogP contribution < -0.4 is 20.2 Å². The Kier molecular flexibility index (Phi) is 7.55. The molecule has 0 aliphatic heterocycles. The number of nitrogens with zero attached hydrogens (tertiary/aromatic N) is 1. The number of amides is 2. The zero-order valence-corrected chi connectivity index (χ0v) is 17.6. The lowest BCUT2D eigenvalue weighted by Crippen LogP contribution is -2.32. The number of hydrazone groups is 1. The van der Waals surface area contributed by atoms with Gasteiger partial charge in [0.25, 0.3) is 0 Å². The minimum absolute atomic E-state index is 0.286. The third-order valence-corrected chi connectivity index (χ3v) is 4.34. The van der Waals surface area contributed by atoms with Gasteiger partial charge in [0.05, 0.1) is 24.6 Å². The number of carbonyl (C=O) groups excluding carboxylic acids is 3. The quantitative estimate of drug-likeness (QED) is 0.195. The summed E-state index contributed by atoms with van der Waals surface area (Å²) in [5.74, 6) is -1.71. The number of carbonyl (C=O) groups is 3. The number of rotatable bonds is 6. The molecule has 0 radical (unpaired) electrons. The van der Waals surface area contributed by atoms with Gasteiger partial charge in [0.15, 0.2) is 0 Å². The van der Waals surface area contributed by atoms with Crippen molar-refractivity contribution in [2.75, 3.05) is 12.4 Å². The number of ether oxygens (including phenoxy) is 2. The van der Waals surface area contributed by atoms with Gasteiger partial charge in [-0.2, -0.15) is 5.10 Å². The van der Waals surface area contributed by atoms with Crippen LogP contribution in [0.4, 0.5) is 5.69 Å². The normalized spacial score (nSPS) is 10.4. The molecule has 0 saturated heterocycles. The number of anilines is 1. The van der Waals surface area contributed by atoms with Gasteiger partial charge in [0.1, 0.15) is 11.5 Å². The van der Waals surface area contributed by atoms with Gasteiger partial charge in [-0.15, -0.1) is 0 Å². The van der Waals surface area contributed by atoms with E-state index in [0.717, 1.165) is 0 Å². The molecule has 0 spiro atoms. The van der Waals surface area contributed by atoms with Crippen molar-refractivity contribution >= 4 is 41.3 Å². The molecular weight excluding hydrogens is 434 g/mol. The fourth-order valence-electron chi connectivity index (χ4n) is 2.55. The van der Waals surface area contributed by atoms with Crippen LogP contribution in [0.2, 0.25) is 5.02 Å². The third kappa shape index (κ3) is 6.16. The van der Waals surface area contributed by atoms with Crippen LogP contribution in [0.3, 0.4) is 0 Å². The molecule has 0 unspecified atom stereocenters. The standard InChI is InChI=1S/C23H18ClN3O5/c1-31-20-8-3-2-7-19(20)26-21(28)22(29)27-25-14-15-5-4-6-18(13-15)32-23(30)16-9-11-17(24)12-10-16/h2-14H,1H3,(H,26,28)(H,27,29)/b25-14-. The lowest BCUT2D eigenvalue weighted by atomic mass is 10.2. The van der Waals surface area contributed by atoms with Gasteiger partial charge < -0.3 is 14.8 Å². The van der Waals surface area contributed by atoms with Crippen LogP contribution >= 0.6 is 11.6 Å². The number of halogens is 1. The van der Waals surface area contributed by atoms with Crippen molar-refractivity contribution in [3.63, 3.8) is 0 Å². The molecule has 2 N–H and O–H groups in total. The molecule has 0 aliphatic rings. The van der Waals surface area contributed by atoms with Crippen molar-refractivity contribution in [2.45, 2.75) is 0 Å². The minimum Gasteiger partial charge on any atom is -0.495 e. The van der Waals surface area contributed by atoms with E-state index in [1.54, 1.807) is 72.8 Å². The summed E-state index contributed by atoms with van der Waals surface area (Å²) in [7, 11) is 1.45. The fraction of sp³-hybridized carbons (Fsp3) is 0.0435. The highest BCUT2D eigenvalue weighted by atomic mass is 35.5. The molecule has 3 aromatic rings. The van der Waals surface area contributed by atoms with Gasteiger partial charge in [-0.3, -0.25) is 9.59 Å². The summed E-state index contributed by atoms with van der Waals surface area (Å²) in [6.07, 6.45) is 1.31. The van der Waals surface area contributed by atoms with Gasteiger partial charge in [-0.25, -0.2) is 10.2 Å². The highest BCUT2D eigenvalue weighted by Gasteiger charge is 2.15. The second-order valence-corrected chi connectivity index (χ2v) is 6.76. The first-order chi connectivity index (χ1) is 15.5. The molecule has 162 valence electrons. The van der Waals surface area contributed by atoms with Crippen LogP contribution in [0, 0.1) is 0 Å².